The number of piperidine rings is 1. The maximum absolute atomic E-state index is 12.7. The van der Waals surface area contributed by atoms with Crippen LogP contribution in [0.2, 0.25) is 0 Å². The average molecular weight is 382 g/mol. The van der Waals surface area contributed by atoms with Crippen LogP contribution in [0.5, 0.6) is 17.2 Å². The Balaban J connectivity index is 1.47. The minimum Gasteiger partial charge on any atom is -0.497 e. The van der Waals surface area contributed by atoms with Gasteiger partial charge in [0.25, 0.3) is 5.91 Å². The second-order valence-corrected chi connectivity index (χ2v) is 7.16. The van der Waals surface area contributed by atoms with Gasteiger partial charge in [0.15, 0.2) is 11.5 Å². The standard InChI is InChI=1S/C22H26N2O4/c1-26-18-8-5-16(6-9-18)19(24-11-3-2-4-12-24)14-23-22(25)17-7-10-20-21(13-17)28-15-27-20/h5-10,13,19H,2-4,11-12,14-15H2,1H3,(H,23,25). The summed E-state index contributed by atoms with van der Waals surface area (Å²) < 4.78 is 16.0. The van der Waals surface area contributed by atoms with Gasteiger partial charge in [0.05, 0.1) is 13.2 Å². The first-order valence-corrected chi connectivity index (χ1v) is 9.80. The molecule has 28 heavy (non-hydrogen) atoms. The third-order valence-corrected chi connectivity index (χ3v) is 5.42. The van der Waals surface area contributed by atoms with E-state index in [1.54, 1.807) is 25.3 Å². The number of hydrogen-bond acceptors (Lipinski definition) is 5. The first kappa shape index (κ1) is 18.6. The molecule has 6 nitrogen and oxygen atoms in total. The van der Waals surface area contributed by atoms with Crippen LogP contribution in [0.3, 0.4) is 0 Å². The van der Waals surface area contributed by atoms with Gasteiger partial charge in [-0.05, 0) is 61.8 Å². The molecule has 148 valence electrons. The minimum atomic E-state index is -0.103. The molecule has 2 aliphatic rings. The molecule has 4 rings (SSSR count). The topological polar surface area (TPSA) is 60.0 Å². The molecule has 1 N–H and O–H groups in total. The van der Waals surface area contributed by atoms with Gasteiger partial charge in [0.1, 0.15) is 5.75 Å². The first-order chi connectivity index (χ1) is 13.7. The molecule has 1 fully saturated rings. The predicted octanol–water partition coefficient (Wildman–Crippen LogP) is 3.38. The highest BCUT2D eigenvalue weighted by atomic mass is 16.7. The van der Waals surface area contributed by atoms with Crippen molar-refractivity contribution in [2.45, 2.75) is 25.3 Å². The van der Waals surface area contributed by atoms with Crippen molar-refractivity contribution in [3.05, 3.63) is 53.6 Å². The van der Waals surface area contributed by atoms with Gasteiger partial charge in [-0.3, -0.25) is 9.69 Å². The summed E-state index contributed by atoms with van der Waals surface area (Å²) in [6, 6.07) is 13.6. The van der Waals surface area contributed by atoms with Crippen LogP contribution in [0.1, 0.15) is 41.2 Å². The number of nitrogens with one attached hydrogen (secondary N) is 1. The van der Waals surface area contributed by atoms with Crippen molar-refractivity contribution >= 4 is 5.91 Å². The van der Waals surface area contributed by atoms with Gasteiger partial charge >= 0.3 is 0 Å². The Morgan fingerprint density at radius 2 is 1.82 bits per heavy atom. The van der Waals surface area contributed by atoms with E-state index < -0.39 is 0 Å². The smallest absolute Gasteiger partial charge is 0.251 e. The Hall–Kier alpha value is -2.73. The summed E-state index contributed by atoms with van der Waals surface area (Å²) in [6.45, 7) is 2.86. The molecule has 0 bridgehead atoms. The number of carbonyl (C=O) groups is 1. The van der Waals surface area contributed by atoms with E-state index in [0.717, 1.165) is 18.8 Å². The van der Waals surface area contributed by atoms with E-state index in [-0.39, 0.29) is 18.7 Å². The van der Waals surface area contributed by atoms with Crippen LogP contribution in [0.4, 0.5) is 0 Å². The molecule has 2 aromatic rings. The summed E-state index contributed by atoms with van der Waals surface area (Å²) in [6.07, 6.45) is 3.67. The molecule has 2 aliphatic heterocycles. The Morgan fingerprint density at radius 3 is 2.57 bits per heavy atom. The zero-order valence-electron chi connectivity index (χ0n) is 16.1. The monoisotopic (exact) mass is 382 g/mol. The number of rotatable bonds is 6. The van der Waals surface area contributed by atoms with Gasteiger partial charge in [-0.2, -0.15) is 0 Å². The van der Waals surface area contributed by atoms with Crippen LogP contribution < -0.4 is 19.5 Å². The van der Waals surface area contributed by atoms with Gasteiger partial charge in [0.2, 0.25) is 6.79 Å². The van der Waals surface area contributed by atoms with Crippen molar-refractivity contribution in [1.29, 1.82) is 0 Å². The van der Waals surface area contributed by atoms with Gasteiger partial charge in [-0.15, -0.1) is 0 Å². The lowest BCUT2D eigenvalue weighted by molar-refractivity contribution is 0.0924. The van der Waals surface area contributed by atoms with E-state index in [4.69, 9.17) is 14.2 Å². The van der Waals surface area contributed by atoms with Crippen LogP contribution in [-0.4, -0.2) is 44.3 Å². The van der Waals surface area contributed by atoms with E-state index >= 15 is 0 Å². The minimum absolute atomic E-state index is 0.103. The fourth-order valence-corrected chi connectivity index (χ4v) is 3.84. The van der Waals surface area contributed by atoms with E-state index in [1.165, 1.54) is 24.8 Å². The number of likely N-dealkylation sites (tertiary alicyclic amines) is 1. The van der Waals surface area contributed by atoms with Gasteiger partial charge in [0, 0.05) is 12.1 Å². The fraction of sp³-hybridized carbons (Fsp3) is 0.409. The van der Waals surface area contributed by atoms with Crippen LogP contribution in [-0.2, 0) is 0 Å². The lowest BCUT2D eigenvalue weighted by Crippen LogP contribution is -2.40. The summed E-state index contributed by atoms with van der Waals surface area (Å²) in [5, 5.41) is 3.11. The Kier molecular flexibility index (Phi) is 5.67. The third kappa shape index (κ3) is 4.07. The van der Waals surface area contributed by atoms with Crippen LogP contribution in [0.25, 0.3) is 0 Å². The molecule has 1 unspecified atom stereocenters. The van der Waals surface area contributed by atoms with Crippen molar-refractivity contribution in [3.8, 4) is 17.2 Å². The first-order valence-electron chi connectivity index (χ1n) is 9.80. The zero-order valence-corrected chi connectivity index (χ0v) is 16.1. The van der Waals surface area contributed by atoms with Gasteiger partial charge in [-0.1, -0.05) is 18.6 Å². The number of hydrogen-bond donors (Lipinski definition) is 1. The summed E-state index contributed by atoms with van der Waals surface area (Å²) in [4.78, 5) is 15.2. The predicted molar refractivity (Wildman–Crippen MR) is 106 cm³/mol. The van der Waals surface area contributed by atoms with Gasteiger partial charge in [-0.25, -0.2) is 0 Å². The third-order valence-electron chi connectivity index (χ3n) is 5.42. The summed E-state index contributed by atoms with van der Waals surface area (Å²) in [7, 11) is 1.67. The maximum Gasteiger partial charge on any atom is 0.251 e. The molecule has 1 amide bonds. The SMILES string of the molecule is COc1ccc(C(CNC(=O)c2ccc3c(c2)OCO3)N2CCCCC2)cc1. The molecule has 0 saturated carbocycles. The lowest BCUT2D eigenvalue weighted by Gasteiger charge is -2.35. The number of fused-ring (bicyclic) bond motifs is 1. The molecular formula is C22H26N2O4. The largest absolute Gasteiger partial charge is 0.497 e. The number of methoxy groups -OCH3 is 1. The molecule has 0 radical (unpaired) electrons. The summed E-state index contributed by atoms with van der Waals surface area (Å²) in [5.74, 6) is 2.04. The van der Waals surface area contributed by atoms with E-state index in [0.29, 0.717) is 23.6 Å². The maximum atomic E-state index is 12.7. The van der Waals surface area contributed by atoms with Gasteiger partial charge < -0.3 is 19.5 Å². The van der Waals surface area contributed by atoms with Crippen LogP contribution in [0, 0.1) is 0 Å². The Bertz CT molecular complexity index is 816. The van der Waals surface area contributed by atoms with E-state index in [2.05, 4.69) is 22.3 Å². The molecule has 1 saturated heterocycles. The number of ether oxygens (including phenoxy) is 3. The van der Waals surface area contributed by atoms with Crippen molar-refractivity contribution in [1.82, 2.24) is 10.2 Å². The van der Waals surface area contributed by atoms with Crippen molar-refractivity contribution in [2.75, 3.05) is 33.5 Å². The molecule has 6 heteroatoms. The van der Waals surface area contributed by atoms with E-state index in [9.17, 15) is 4.79 Å². The number of amides is 1. The lowest BCUT2D eigenvalue weighted by atomic mass is 10.0. The number of carbonyl (C=O) groups excluding carboxylic acids is 1. The molecule has 2 aromatic carbocycles. The molecule has 0 aromatic heterocycles. The number of benzene rings is 2. The van der Waals surface area contributed by atoms with Crippen molar-refractivity contribution < 1.29 is 19.0 Å². The van der Waals surface area contributed by atoms with Crippen LogP contribution >= 0.6 is 0 Å². The zero-order chi connectivity index (χ0) is 19.3. The van der Waals surface area contributed by atoms with Crippen LogP contribution in [0.15, 0.2) is 42.5 Å². The van der Waals surface area contributed by atoms with Crippen molar-refractivity contribution in [2.24, 2.45) is 0 Å². The highest BCUT2D eigenvalue weighted by molar-refractivity contribution is 5.95. The molecule has 0 aliphatic carbocycles. The fourth-order valence-electron chi connectivity index (χ4n) is 3.84. The molecule has 1 atom stereocenters. The average Bonchev–Trinajstić information content (AvgIpc) is 3.23. The van der Waals surface area contributed by atoms with Crippen molar-refractivity contribution in [3.63, 3.8) is 0 Å². The summed E-state index contributed by atoms with van der Waals surface area (Å²) >= 11 is 0. The number of nitrogens with zero attached hydrogens (tertiary/aromatic N) is 1. The molecular weight excluding hydrogens is 356 g/mol. The molecule has 0 spiro atoms. The van der Waals surface area contributed by atoms with E-state index in [1.807, 2.05) is 12.1 Å². The second kappa shape index (κ2) is 8.52. The normalized spacial score (nSPS) is 17.2. The molecule has 2 heterocycles. The summed E-state index contributed by atoms with van der Waals surface area (Å²) in [5.41, 5.74) is 1.77. The quantitative estimate of drug-likeness (QED) is 0.830. The Morgan fingerprint density at radius 1 is 1.07 bits per heavy atom. The highest BCUT2D eigenvalue weighted by Crippen LogP contribution is 2.32. The Labute approximate surface area is 165 Å². The highest BCUT2D eigenvalue weighted by Gasteiger charge is 2.24. The second-order valence-electron chi connectivity index (χ2n) is 7.16.